The van der Waals surface area contributed by atoms with Crippen LogP contribution in [-0.4, -0.2) is 23.3 Å². The van der Waals surface area contributed by atoms with Crippen molar-refractivity contribution in [1.82, 2.24) is 16.3 Å². The second-order valence-electron chi connectivity index (χ2n) is 7.38. The summed E-state index contributed by atoms with van der Waals surface area (Å²) in [7, 11) is 0. The summed E-state index contributed by atoms with van der Waals surface area (Å²) >= 11 is 6.19. The highest BCUT2D eigenvalue weighted by Gasteiger charge is 2.30. The molecule has 1 amide bonds. The molecule has 1 aliphatic rings. The number of nitrogens with one attached hydrogen (secondary N) is 3. The number of para-hydroxylation sites is 1. The number of hydrazone groups is 1. The molecule has 3 aromatic carbocycles. The number of hydrazine groups is 1. The molecule has 0 saturated carbocycles. The van der Waals surface area contributed by atoms with Crippen LogP contribution in [0.2, 0.25) is 5.02 Å². The van der Waals surface area contributed by atoms with E-state index in [0.29, 0.717) is 23.6 Å². The maximum atomic E-state index is 12.4. The van der Waals surface area contributed by atoms with Crippen LogP contribution in [0.1, 0.15) is 29.2 Å². The monoisotopic (exact) mass is 450 g/mol. The molecule has 0 radical (unpaired) electrons. The predicted octanol–water partition coefficient (Wildman–Crippen LogP) is 3.68. The van der Waals surface area contributed by atoms with Crippen molar-refractivity contribution in [3.63, 3.8) is 0 Å². The van der Waals surface area contributed by atoms with Crippen molar-refractivity contribution in [2.45, 2.75) is 25.1 Å². The van der Waals surface area contributed by atoms with E-state index >= 15 is 0 Å². The molecule has 0 bridgehead atoms. The Morgan fingerprint density at radius 2 is 1.94 bits per heavy atom. The van der Waals surface area contributed by atoms with Crippen molar-refractivity contribution in [2.24, 2.45) is 5.10 Å². The fraction of sp³-hybridized carbons (Fsp3) is 0.167. The number of halogens is 1. The van der Waals surface area contributed by atoms with Gasteiger partial charge in [0.25, 0.3) is 5.91 Å². The smallest absolute Gasteiger partial charge is 0.258 e. The molecule has 4 rings (SSSR count). The Hall–Kier alpha value is -3.39. The SMILES string of the molecule is O=C(N/N=C/c1ccccc1O)C1CC(c2cccc(OCc3ccccc3Cl)c2)NN1. The highest BCUT2D eigenvalue weighted by molar-refractivity contribution is 6.31. The maximum Gasteiger partial charge on any atom is 0.258 e. The fourth-order valence-electron chi connectivity index (χ4n) is 3.38. The Labute approximate surface area is 191 Å². The fourth-order valence-corrected chi connectivity index (χ4v) is 3.57. The van der Waals surface area contributed by atoms with Gasteiger partial charge in [-0.05, 0) is 42.3 Å². The van der Waals surface area contributed by atoms with Crippen LogP contribution < -0.4 is 21.0 Å². The van der Waals surface area contributed by atoms with Crippen molar-refractivity contribution >= 4 is 23.7 Å². The van der Waals surface area contributed by atoms with Crippen molar-refractivity contribution < 1.29 is 14.6 Å². The van der Waals surface area contributed by atoms with Gasteiger partial charge < -0.3 is 9.84 Å². The van der Waals surface area contributed by atoms with E-state index in [1.165, 1.54) is 6.21 Å². The molecule has 1 saturated heterocycles. The zero-order valence-corrected chi connectivity index (χ0v) is 17.9. The number of ether oxygens (including phenoxy) is 1. The van der Waals surface area contributed by atoms with Crippen molar-refractivity contribution in [3.05, 3.63) is 94.5 Å². The van der Waals surface area contributed by atoms with Gasteiger partial charge in [0.05, 0.1) is 6.21 Å². The first-order valence-corrected chi connectivity index (χ1v) is 10.6. The first-order chi connectivity index (χ1) is 15.6. The lowest BCUT2D eigenvalue weighted by atomic mass is 10.0. The van der Waals surface area contributed by atoms with Crippen LogP contribution in [0.5, 0.6) is 11.5 Å². The third kappa shape index (κ3) is 5.45. The summed E-state index contributed by atoms with van der Waals surface area (Å²) in [5, 5.41) is 14.4. The van der Waals surface area contributed by atoms with E-state index < -0.39 is 6.04 Å². The molecule has 4 N–H and O–H groups in total. The first kappa shape index (κ1) is 21.8. The topological polar surface area (TPSA) is 95.0 Å². The van der Waals surface area contributed by atoms with Crippen molar-refractivity contribution in [2.75, 3.05) is 0 Å². The molecule has 0 spiro atoms. The number of nitrogens with zero attached hydrogens (tertiary/aromatic N) is 1. The summed E-state index contributed by atoms with van der Waals surface area (Å²) in [4.78, 5) is 12.4. The number of hydrogen-bond acceptors (Lipinski definition) is 6. The molecular weight excluding hydrogens is 428 g/mol. The van der Waals surface area contributed by atoms with E-state index in [1.54, 1.807) is 24.3 Å². The van der Waals surface area contributed by atoms with Gasteiger partial charge in [-0.25, -0.2) is 16.3 Å². The van der Waals surface area contributed by atoms with Gasteiger partial charge in [0.1, 0.15) is 24.1 Å². The molecule has 7 nitrogen and oxygen atoms in total. The lowest BCUT2D eigenvalue weighted by Crippen LogP contribution is -2.41. The molecule has 0 aromatic heterocycles. The highest BCUT2D eigenvalue weighted by Crippen LogP contribution is 2.26. The van der Waals surface area contributed by atoms with Crippen LogP contribution in [0.25, 0.3) is 0 Å². The molecule has 3 aromatic rings. The van der Waals surface area contributed by atoms with E-state index in [4.69, 9.17) is 16.3 Å². The molecular formula is C24H23ClN4O3. The molecule has 8 heteroatoms. The van der Waals surface area contributed by atoms with E-state index in [9.17, 15) is 9.90 Å². The summed E-state index contributed by atoms with van der Waals surface area (Å²) in [6.07, 6.45) is 1.96. The van der Waals surface area contributed by atoms with Crippen LogP contribution in [0.15, 0.2) is 77.9 Å². The molecule has 0 aliphatic carbocycles. The van der Waals surface area contributed by atoms with Gasteiger partial charge in [-0.3, -0.25) is 4.79 Å². The van der Waals surface area contributed by atoms with Gasteiger partial charge in [0, 0.05) is 22.2 Å². The number of phenols is 1. The standard InChI is InChI=1S/C24H23ClN4O3/c25-20-10-3-1-7-18(20)15-32-19-9-5-8-16(12-19)21-13-22(28-27-21)24(31)29-26-14-17-6-2-4-11-23(17)30/h1-12,14,21-22,27-28,30H,13,15H2,(H,29,31)/b26-14+. The van der Waals surface area contributed by atoms with Crippen molar-refractivity contribution in [3.8, 4) is 11.5 Å². The normalized spacial score (nSPS) is 18.0. The number of hydrogen-bond donors (Lipinski definition) is 4. The third-order valence-electron chi connectivity index (χ3n) is 5.15. The number of aromatic hydroxyl groups is 1. The average Bonchev–Trinajstić information content (AvgIpc) is 3.31. The number of carbonyl (C=O) groups excluding carboxylic acids is 1. The second kappa shape index (κ2) is 10.3. The Bertz CT molecular complexity index is 1120. The Balaban J connectivity index is 1.32. The molecule has 1 heterocycles. The zero-order chi connectivity index (χ0) is 22.3. The molecule has 2 atom stereocenters. The minimum absolute atomic E-state index is 0.0586. The van der Waals surface area contributed by atoms with Crippen LogP contribution in [0.4, 0.5) is 0 Å². The minimum atomic E-state index is -0.450. The van der Waals surface area contributed by atoms with Gasteiger partial charge in [-0.15, -0.1) is 0 Å². The molecule has 32 heavy (non-hydrogen) atoms. The number of carbonyl (C=O) groups is 1. The minimum Gasteiger partial charge on any atom is -0.507 e. The number of amides is 1. The van der Waals surface area contributed by atoms with Crippen molar-refractivity contribution in [1.29, 1.82) is 0 Å². The Morgan fingerprint density at radius 3 is 2.78 bits per heavy atom. The number of benzene rings is 3. The van der Waals surface area contributed by atoms with Crippen LogP contribution in [-0.2, 0) is 11.4 Å². The summed E-state index contributed by atoms with van der Waals surface area (Å²) in [6.45, 7) is 0.374. The Kier molecular flexibility index (Phi) is 7.01. The highest BCUT2D eigenvalue weighted by atomic mass is 35.5. The summed E-state index contributed by atoms with van der Waals surface area (Å²) in [5.41, 5.74) is 11.1. The maximum absolute atomic E-state index is 12.4. The lowest BCUT2D eigenvalue weighted by molar-refractivity contribution is -0.122. The van der Waals surface area contributed by atoms with Gasteiger partial charge in [0.15, 0.2) is 0 Å². The van der Waals surface area contributed by atoms with E-state index in [2.05, 4.69) is 21.4 Å². The molecule has 1 aliphatic heterocycles. The van der Waals surface area contributed by atoms with Gasteiger partial charge >= 0.3 is 0 Å². The van der Waals surface area contributed by atoms with E-state index in [-0.39, 0.29) is 17.7 Å². The van der Waals surface area contributed by atoms with Gasteiger partial charge in [-0.1, -0.05) is 54.1 Å². The van der Waals surface area contributed by atoms with Crippen LogP contribution in [0, 0.1) is 0 Å². The summed E-state index contributed by atoms with van der Waals surface area (Å²) < 4.78 is 5.90. The molecule has 1 fully saturated rings. The lowest BCUT2D eigenvalue weighted by Gasteiger charge is -2.13. The second-order valence-corrected chi connectivity index (χ2v) is 7.78. The van der Waals surface area contributed by atoms with Gasteiger partial charge in [0.2, 0.25) is 0 Å². The van der Waals surface area contributed by atoms with E-state index in [0.717, 1.165) is 16.9 Å². The predicted molar refractivity (Wildman–Crippen MR) is 123 cm³/mol. The van der Waals surface area contributed by atoms with Gasteiger partial charge in [-0.2, -0.15) is 5.10 Å². The van der Waals surface area contributed by atoms with Crippen LogP contribution in [0.3, 0.4) is 0 Å². The zero-order valence-electron chi connectivity index (χ0n) is 17.2. The third-order valence-corrected chi connectivity index (χ3v) is 5.52. The number of rotatable bonds is 7. The first-order valence-electron chi connectivity index (χ1n) is 10.2. The van der Waals surface area contributed by atoms with Crippen LogP contribution >= 0.6 is 11.6 Å². The largest absolute Gasteiger partial charge is 0.507 e. The average molecular weight is 451 g/mol. The summed E-state index contributed by atoms with van der Waals surface area (Å²) in [6, 6.07) is 21.6. The van der Waals surface area contributed by atoms with E-state index in [1.807, 2.05) is 48.5 Å². The molecule has 2 unspecified atom stereocenters. The summed E-state index contributed by atoms with van der Waals surface area (Å²) in [5.74, 6) is 0.560. The Morgan fingerprint density at radius 1 is 1.12 bits per heavy atom. The number of phenolic OH excluding ortho intramolecular Hbond substituents is 1. The quantitative estimate of drug-likeness (QED) is 0.325. The molecule has 164 valence electrons.